The van der Waals surface area contributed by atoms with E-state index < -0.39 is 0 Å². The Hall–Kier alpha value is -1.76. The Labute approximate surface area is 117 Å². The van der Waals surface area contributed by atoms with Crippen LogP contribution in [0, 0.1) is 5.92 Å². The SMILES string of the molecule is C=CC(=C)C1=CN2CC1C/C=C(C=C)\C(C)=C/2CC. The van der Waals surface area contributed by atoms with Gasteiger partial charge in [-0.15, -0.1) is 0 Å². The van der Waals surface area contributed by atoms with E-state index in [9.17, 15) is 0 Å². The Morgan fingerprint density at radius 3 is 2.79 bits per heavy atom. The molecule has 0 saturated heterocycles. The Morgan fingerprint density at radius 1 is 1.47 bits per heavy atom. The van der Waals surface area contributed by atoms with Crippen molar-refractivity contribution in [1.29, 1.82) is 0 Å². The van der Waals surface area contributed by atoms with E-state index in [1.54, 1.807) is 0 Å². The topological polar surface area (TPSA) is 3.24 Å². The van der Waals surface area contributed by atoms with Crippen molar-refractivity contribution < 1.29 is 0 Å². The second-order valence-electron chi connectivity index (χ2n) is 5.19. The lowest BCUT2D eigenvalue weighted by Gasteiger charge is -2.25. The predicted molar refractivity (Wildman–Crippen MR) is 83.5 cm³/mol. The third kappa shape index (κ3) is 2.37. The molecule has 0 N–H and O–H groups in total. The Bertz CT molecular complexity index is 514. The van der Waals surface area contributed by atoms with Gasteiger partial charge in [0.05, 0.1) is 0 Å². The first kappa shape index (κ1) is 13.7. The summed E-state index contributed by atoms with van der Waals surface area (Å²) in [5.74, 6) is 0.523. The summed E-state index contributed by atoms with van der Waals surface area (Å²) in [6, 6.07) is 0. The Balaban J connectivity index is 2.49. The maximum absolute atomic E-state index is 4.12. The Kier molecular flexibility index (Phi) is 3.94. The minimum atomic E-state index is 0.523. The lowest BCUT2D eigenvalue weighted by Crippen LogP contribution is -2.20. The predicted octanol–water partition coefficient (Wildman–Crippen LogP) is 4.74. The van der Waals surface area contributed by atoms with E-state index >= 15 is 0 Å². The molecule has 0 aromatic carbocycles. The third-order valence-electron chi connectivity index (χ3n) is 4.16. The molecule has 0 aromatic rings. The van der Waals surface area contributed by atoms with E-state index in [2.05, 4.69) is 50.8 Å². The van der Waals surface area contributed by atoms with Crippen molar-refractivity contribution >= 4 is 0 Å². The standard InChI is InChI=1S/C18H23N/c1-6-13(4)17-12-19-11-16(17)10-9-15(7-2)14(5)18(19)8-3/h6-7,9,12,16H,1-2,4,8,10-11H2,3,5H3/b15-9-,18-14-. The molecule has 2 heterocycles. The van der Waals surface area contributed by atoms with E-state index in [4.69, 9.17) is 0 Å². The summed E-state index contributed by atoms with van der Waals surface area (Å²) in [5, 5.41) is 0. The molecule has 0 fully saturated rings. The first-order valence-electron chi connectivity index (χ1n) is 6.95. The quantitative estimate of drug-likeness (QED) is 0.654. The van der Waals surface area contributed by atoms with E-state index in [-0.39, 0.29) is 0 Å². The van der Waals surface area contributed by atoms with Gasteiger partial charge < -0.3 is 4.90 Å². The maximum Gasteiger partial charge on any atom is 0.0295 e. The fourth-order valence-electron chi connectivity index (χ4n) is 3.02. The highest BCUT2D eigenvalue weighted by atomic mass is 15.1. The fraction of sp³-hybridized carbons (Fsp3) is 0.333. The smallest absolute Gasteiger partial charge is 0.0295 e. The molecule has 1 unspecified atom stereocenters. The van der Waals surface area contributed by atoms with Crippen LogP contribution >= 0.6 is 0 Å². The second-order valence-corrected chi connectivity index (χ2v) is 5.19. The number of rotatable bonds is 4. The van der Waals surface area contributed by atoms with Crippen LogP contribution in [0.3, 0.4) is 0 Å². The average Bonchev–Trinajstić information content (AvgIpc) is 2.83. The van der Waals surface area contributed by atoms with Crippen LogP contribution in [0.5, 0.6) is 0 Å². The molecule has 19 heavy (non-hydrogen) atoms. The minimum Gasteiger partial charge on any atom is -0.350 e. The molecule has 2 rings (SSSR count). The molecule has 0 saturated carbocycles. The van der Waals surface area contributed by atoms with Crippen LogP contribution in [0.15, 0.2) is 72.2 Å². The molecule has 2 aliphatic heterocycles. The molecule has 1 nitrogen and oxygen atoms in total. The van der Waals surface area contributed by atoms with Crippen LogP contribution in [0.25, 0.3) is 0 Å². The maximum atomic E-state index is 4.12. The number of hydrogen-bond donors (Lipinski definition) is 0. The van der Waals surface area contributed by atoms with Gasteiger partial charge in [-0.25, -0.2) is 0 Å². The van der Waals surface area contributed by atoms with Crippen LogP contribution in [0.2, 0.25) is 0 Å². The molecule has 100 valence electrons. The molecule has 0 radical (unpaired) electrons. The first-order chi connectivity index (χ1) is 9.12. The molecule has 0 aliphatic carbocycles. The van der Waals surface area contributed by atoms with Gasteiger partial charge in [-0.2, -0.15) is 0 Å². The van der Waals surface area contributed by atoms with Crippen molar-refractivity contribution in [2.24, 2.45) is 5.92 Å². The summed E-state index contributed by atoms with van der Waals surface area (Å²) in [6.07, 6.45) is 10.5. The molecular weight excluding hydrogens is 230 g/mol. The molecule has 0 amide bonds. The van der Waals surface area contributed by atoms with Crippen molar-refractivity contribution in [3.05, 3.63) is 72.2 Å². The van der Waals surface area contributed by atoms with Crippen LogP contribution in [-0.4, -0.2) is 11.4 Å². The summed E-state index contributed by atoms with van der Waals surface area (Å²) < 4.78 is 0. The molecular formula is C18H23N. The van der Waals surface area contributed by atoms with Crippen LogP contribution in [-0.2, 0) is 0 Å². The molecule has 0 spiro atoms. The fourth-order valence-corrected chi connectivity index (χ4v) is 3.02. The first-order valence-corrected chi connectivity index (χ1v) is 6.95. The van der Waals surface area contributed by atoms with Gasteiger partial charge in [0.25, 0.3) is 0 Å². The lowest BCUT2D eigenvalue weighted by atomic mass is 9.90. The van der Waals surface area contributed by atoms with E-state index in [0.29, 0.717) is 5.92 Å². The van der Waals surface area contributed by atoms with Crippen molar-refractivity contribution in [3.63, 3.8) is 0 Å². The van der Waals surface area contributed by atoms with Crippen molar-refractivity contribution in [2.75, 3.05) is 6.54 Å². The zero-order valence-corrected chi connectivity index (χ0v) is 12.1. The lowest BCUT2D eigenvalue weighted by molar-refractivity contribution is 0.424. The van der Waals surface area contributed by atoms with E-state index in [1.807, 2.05) is 12.2 Å². The highest BCUT2D eigenvalue weighted by molar-refractivity contribution is 5.47. The number of allylic oxidation sites excluding steroid dienone is 7. The molecule has 0 aromatic heterocycles. The largest absolute Gasteiger partial charge is 0.350 e. The van der Waals surface area contributed by atoms with Crippen molar-refractivity contribution in [3.8, 4) is 0 Å². The highest BCUT2D eigenvalue weighted by Gasteiger charge is 2.28. The van der Waals surface area contributed by atoms with Gasteiger partial charge in [0.15, 0.2) is 0 Å². The van der Waals surface area contributed by atoms with Crippen LogP contribution in [0.1, 0.15) is 26.7 Å². The number of hydrogen-bond acceptors (Lipinski definition) is 1. The minimum absolute atomic E-state index is 0.523. The van der Waals surface area contributed by atoms with Crippen molar-refractivity contribution in [1.82, 2.24) is 4.90 Å². The Morgan fingerprint density at radius 2 is 2.21 bits per heavy atom. The summed E-state index contributed by atoms with van der Waals surface area (Å²) in [4.78, 5) is 2.39. The molecule has 1 atom stereocenters. The highest BCUT2D eigenvalue weighted by Crippen LogP contribution is 2.37. The summed E-state index contributed by atoms with van der Waals surface area (Å²) in [5.41, 5.74) is 6.39. The van der Waals surface area contributed by atoms with Crippen LogP contribution < -0.4 is 0 Å². The molecule has 2 aliphatic rings. The van der Waals surface area contributed by atoms with Crippen molar-refractivity contribution in [2.45, 2.75) is 26.7 Å². The van der Waals surface area contributed by atoms with Crippen LogP contribution in [0.4, 0.5) is 0 Å². The van der Waals surface area contributed by atoms with Gasteiger partial charge in [0, 0.05) is 24.4 Å². The summed E-state index contributed by atoms with van der Waals surface area (Å²) in [7, 11) is 0. The van der Waals surface area contributed by atoms with Gasteiger partial charge >= 0.3 is 0 Å². The zero-order chi connectivity index (χ0) is 14.0. The monoisotopic (exact) mass is 253 g/mol. The molecule has 1 heteroatoms. The number of fused-ring (bicyclic) bond motifs is 2. The summed E-state index contributed by atoms with van der Waals surface area (Å²) >= 11 is 0. The third-order valence-corrected chi connectivity index (χ3v) is 4.16. The second kappa shape index (κ2) is 5.48. The molecule has 2 bridgehead atoms. The number of nitrogens with zero attached hydrogens (tertiary/aromatic N) is 1. The van der Waals surface area contributed by atoms with E-state index in [0.717, 1.165) is 25.0 Å². The van der Waals surface area contributed by atoms with Gasteiger partial charge in [-0.3, -0.25) is 0 Å². The van der Waals surface area contributed by atoms with Gasteiger partial charge in [0.1, 0.15) is 0 Å². The van der Waals surface area contributed by atoms with Gasteiger partial charge in [0.2, 0.25) is 0 Å². The van der Waals surface area contributed by atoms with E-state index in [1.165, 1.54) is 22.4 Å². The zero-order valence-electron chi connectivity index (χ0n) is 12.1. The van der Waals surface area contributed by atoms with Gasteiger partial charge in [-0.05, 0) is 42.1 Å². The normalized spacial score (nSPS) is 28.9. The summed E-state index contributed by atoms with van der Waals surface area (Å²) in [6.45, 7) is 17.4. The average molecular weight is 253 g/mol. The van der Waals surface area contributed by atoms with Gasteiger partial charge in [-0.1, -0.05) is 44.9 Å².